The van der Waals surface area contributed by atoms with Crippen LogP contribution in [0, 0.1) is 0 Å². The van der Waals surface area contributed by atoms with Gasteiger partial charge in [-0.15, -0.1) is 5.10 Å². The van der Waals surface area contributed by atoms with Crippen LogP contribution in [0.5, 0.6) is 0 Å². The van der Waals surface area contributed by atoms with E-state index in [1.807, 2.05) is 18.2 Å². The number of pyridine rings is 1. The van der Waals surface area contributed by atoms with Gasteiger partial charge in [0.05, 0.1) is 0 Å². The number of aryl methyl sites for hydroxylation is 1. The minimum atomic E-state index is -0.118. The highest BCUT2D eigenvalue weighted by atomic mass is 35.5. The van der Waals surface area contributed by atoms with Crippen LogP contribution in [0.1, 0.15) is 6.42 Å². The first kappa shape index (κ1) is 18.3. The molecule has 1 aliphatic rings. The molecule has 142 valence electrons. The summed E-state index contributed by atoms with van der Waals surface area (Å²) in [5.74, 6) is 0. The maximum atomic E-state index is 12.3. The molecule has 2 aromatic heterocycles. The SMILES string of the molecule is O=c1n(CCCN2CCN(c3cccc(Cl)c3)CC2)nc2cc(Cl)ccn12. The third-order valence-electron chi connectivity index (χ3n) is 4.94. The lowest BCUT2D eigenvalue weighted by atomic mass is 10.2. The summed E-state index contributed by atoms with van der Waals surface area (Å²) in [6.07, 6.45) is 2.55. The number of hydrogen-bond acceptors (Lipinski definition) is 4. The van der Waals surface area contributed by atoms with E-state index in [1.165, 1.54) is 14.8 Å². The van der Waals surface area contributed by atoms with Crippen molar-refractivity contribution in [3.8, 4) is 0 Å². The van der Waals surface area contributed by atoms with Crippen molar-refractivity contribution in [1.29, 1.82) is 0 Å². The molecule has 0 amide bonds. The average Bonchev–Trinajstić information content (AvgIpc) is 2.97. The number of aromatic nitrogens is 3. The van der Waals surface area contributed by atoms with E-state index >= 15 is 0 Å². The minimum Gasteiger partial charge on any atom is -0.369 e. The lowest BCUT2D eigenvalue weighted by molar-refractivity contribution is 0.248. The van der Waals surface area contributed by atoms with E-state index in [-0.39, 0.29) is 5.69 Å². The number of halogens is 2. The summed E-state index contributed by atoms with van der Waals surface area (Å²) < 4.78 is 3.05. The van der Waals surface area contributed by atoms with Gasteiger partial charge in [-0.3, -0.25) is 9.30 Å². The van der Waals surface area contributed by atoms with E-state index in [1.54, 1.807) is 18.3 Å². The second-order valence-electron chi connectivity index (χ2n) is 6.74. The van der Waals surface area contributed by atoms with Crippen molar-refractivity contribution in [3.05, 3.63) is 63.1 Å². The Morgan fingerprint density at radius 1 is 0.963 bits per heavy atom. The van der Waals surface area contributed by atoms with Crippen molar-refractivity contribution in [3.63, 3.8) is 0 Å². The van der Waals surface area contributed by atoms with Gasteiger partial charge in [0.25, 0.3) is 0 Å². The fourth-order valence-electron chi connectivity index (χ4n) is 3.48. The molecule has 27 heavy (non-hydrogen) atoms. The molecule has 1 fully saturated rings. The van der Waals surface area contributed by atoms with Gasteiger partial charge in [0.2, 0.25) is 0 Å². The van der Waals surface area contributed by atoms with Crippen LogP contribution in [-0.4, -0.2) is 51.8 Å². The Morgan fingerprint density at radius 2 is 1.74 bits per heavy atom. The standard InChI is InChI=1S/C19H21Cl2N5O/c20-15-3-1-4-17(13-15)24-11-9-23(10-12-24)6-2-7-26-19(27)25-8-5-16(21)14-18(25)22-26/h1,3-5,8,13-14H,2,6-7,9-12H2. The minimum absolute atomic E-state index is 0.118. The van der Waals surface area contributed by atoms with Crippen molar-refractivity contribution in [1.82, 2.24) is 19.1 Å². The van der Waals surface area contributed by atoms with E-state index in [0.29, 0.717) is 17.2 Å². The molecule has 3 heterocycles. The van der Waals surface area contributed by atoms with Crippen LogP contribution in [0.3, 0.4) is 0 Å². The van der Waals surface area contributed by atoms with Gasteiger partial charge in [-0.25, -0.2) is 9.48 Å². The molecular weight excluding hydrogens is 385 g/mol. The molecule has 0 spiro atoms. The molecule has 1 saturated heterocycles. The number of hydrogen-bond donors (Lipinski definition) is 0. The van der Waals surface area contributed by atoms with Gasteiger partial charge in [0.1, 0.15) is 0 Å². The zero-order chi connectivity index (χ0) is 18.8. The van der Waals surface area contributed by atoms with Crippen LogP contribution in [0.15, 0.2) is 47.4 Å². The van der Waals surface area contributed by atoms with E-state index in [2.05, 4.69) is 21.0 Å². The predicted octanol–water partition coefficient (Wildman–Crippen LogP) is 3.02. The normalized spacial score (nSPS) is 15.6. The highest BCUT2D eigenvalue weighted by Gasteiger charge is 2.17. The third-order valence-corrected chi connectivity index (χ3v) is 5.41. The number of nitrogens with zero attached hydrogens (tertiary/aromatic N) is 5. The Morgan fingerprint density at radius 3 is 2.52 bits per heavy atom. The van der Waals surface area contributed by atoms with Gasteiger partial charge in [0, 0.05) is 67.3 Å². The lowest BCUT2D eigenvalue weighted by Gasteiger charge is -2.36. The molecule has 0 N–H and O–H groups in total. The second kappa shape index (κ2) is 7.92. The first-order chi connectivity index (χ1) is 13.1. The van der Waals surface area contributed by atoms with Gasteiger partial charge in [0.15, 0.2) is 5.65 Å². The average molecular weight is 406 g/mol. The van der Waals surface area contributed by atoms with E-state index < -0.39 is 0 Å². The number of piperazine rings is 1. The summed E-state index contributed by atoms with van der Waals surface area (Å²) in [5, 5.41) is 5.71. The Balaban J connectivity index is 1.29. The Bertz CT molecular complexity index is 991. The van der Waals surface area contributed by atoms with E-state index in [0.717, 1.165) is 44.2 Å². The highest BCUT2D eigenvalue weighted by Crippen LogP contribution is 2.20. The zero-order valence-electron chi connectivity index (χ0n) is 14.9. The summed E-state index contributed by atoms with van der Waals surface area (Å²) >= 11 is 12.1. The lowest BCUT2D eigenvalue weighted by Crippen LogP contribution is -2.46. The predicted molar refractivity (Wildman–Crippen MR) is 109 cm³/mol. The van der Waals surface area contributed by atoms with Crippen LogP contribution >= 0.6 is 23.2 Å². The molecule has 0 radical (unpaired) electrons. The van der Waals surface area contributed by atoms with Crippen molar-refractivity contribution < 1.29 is 0 Å². The smallest absolute Gasteiger partial charge is 0.350 e. The van der Waals surface area contributed by atoms with Crippen LogP contribution in [0.4, 0.5) is 5.69 Å². The third kappa shape index (κ3) is 4.13. The molecule has 8 heteroatoms. The van der Waals surface area contributed by atoms with Gasteiger partial charge < -0.3 is 4.90 Å². The fourth-order valence-corrected chi connectivity index (χ4v) is 3.82. The molecule has 0 saturated carbocycles. The van der Waals surface area contributed by atoms with Crippen molar-refractivity contribution in [2.75, 3.05) is 37.6 Å². The van der Waals surface area contributed by atoms with Crippen LogP contribution in [0.2, 0.25) is 10.0 Å². The first-order valence-corrected chi connectivity index (χ1v) is 9.83. The van der Waals surface area contributed by atoms with E-state index in [4.69, 9.17) is 23.2 Å². The summed E-state index contributed by atoms with van der Waals surface area (Å²) in [4.78, 5) is 17.1. The molecule has 4 rings (SSSR count). The Hall–Kier alpha value is -2.02. The molecule has 1 aromatic carbocycles. The number of benzene rings is 1. The molecule has 0 bridgehead atoms. The quantitative estimate of drug-likeness (QED) is 0.654. The number of rotatable bonds is 5. The molecular formula is C19H21Cl2N5O. The summed E-state index contributed by atoms with van der Waals surface area (Å²) in [6, 6.07) is 11.4. The van der Waals surface area contributed by atoms with Gasteiger partial charge >= 0.3 is 5.69 Å². The molecule has 0 unspecified atom stereocenters. The molecule has 1 aliphatic heterocycles. The second-order valence-corrected chi connectivity index (χ2v) is 7.61. The maximum absolute atomic E-state index is 12.3. The van der Waals surface area contributed by atoms with Crippen LogP contribution < -0.4 is 10.6 Å². The fraction of sp³-hybridized carbons (Fsp3) is 0.368. The molecule has 0 atom stereocenters. The molecule has 0 aliphatic carbocycles. The summed E-state index contributed by atoms with van der Waals surface area (Å²) in [6.45, 7) is 5.52. The van der Waals surface area contributed by atoms with Crippen molar-refractivity contribution in [2.24, 2.45) is 0 Å². The summed E-state index contributed by atoms with van der Waals surface area (Å²) in [5.41, 5.74) is 1.65. The highest BCUT2D eigenvalue weighted by molar-refractivity contribution is 6.31. The maximum Gasteiger partial charge on any atom is 0.350 e. The zero-order valence-corrected chi connectivity index (χ0v) is 16.4. The molecule has 3 aromatic rings. The van der Waals surface area contributed by atoms with Gasteiger partial charge in [-0.1, -0.05) is 29.3 Å². The van der Waals surface area contributed by atoms with Gasteiger partial charge in [-0.05, 0) is 30.7 Å². The van der Waals surface area contributed by atoms with E-state index in [9.17, 15) is 4.79 Å². The Labute approximate surface area is 167 Å². The largest absolute Gasteiger partial charge is 0.369 e. The molecule has 6 nitrogen and oxygen atoms in total. The Kier molecular flexibility index (Phi) is 5.38. The number of fused-ring (bicyclic) bond motifs is 1. The van der Waals surface area contributed by atoms with Crippen molar-refractivity contribution in [2.45, 2.75) is 13.0 Å². The topological polar surface area (TPSA) is 45.8 Å². The number of anilines is 1. The van der Waals surface area contributed by atoms with Crippen LogP contribution in [0.25, 0.3) is 5.65 Å². The monoisotopic (exact) mass is 405 g/mol. The summed E-state index contributed by atoms with van der Waals surface area (Å²) in [7, 11) is 0. The van der Waals surface area contributed by atoms with Crippen LogP contribution in [-0.2, 0) is 6.54 Å². The van der Waals surface area contributed by atoms with Gasteiger partial charge in [-0.2, -0.15) is 0 Å². The first-order valence-electron chi connectivity index (χ1n) is 9.08. The van der Waals surface area contributed by atoms with Crippen molar-refractivity contribution >= 4 is 34.5 Å².